The Morgan fingerprint density at radius 2 is 1.65 bits per heavy atom. The number of hydrogen-bond donors (Lipinski definition) is 1. The zero-order valence-corrected chi connectivity index (χ0v) is 20.9. The van der Waals surface area contributed by atoms with E-state index < -0.39 is 23.3 Å². The number of carbonyl (C=O) groups excluding carboxylic acids is 2. The van der Waals surface area contributed by atoms with Crippen molar-refractivity contribution in [3.8, 4) is 5.75 Å². The summed E-state index contributed by atoms with van der Waals surface area (Å²) >= 11 is 0. The summed E-state index contributed by atoms with van der Waals surface area (Å²) in [7, 11) is 1.62. The lowest BCUT2D eigenvalue weighted by Gasteiger charge is -2.32. The zero-order valence-electron chi connectivity index (χ0n) is 20.9. The Morgan fingerprint density at radius 3 is 2.22 bits per heavy atom. The third kappa shape index (κ3) is 5.76. The summed E-state index contributed by atoms with van der Waals surface area (Å²) < 4.78 is 45.0. The van der Waals surface area contributed by atoms with Gasteiger partial charge in [0, 0.05) is 30.5 Å². The van der Waals surface area contributed by atoms with E-state index in [1.807, 2.05) is 43.0 Å². The van der Waals surface area contributed by atoms with Crippen LogP contribution < -0.4 is 10.1 Å². The smallest absolute Gasteiger partial charge is 0.418 e. The van der Waals surface area contributed by atoms with E-state index in [9.17, 15) is 22.8 Å². The van der Waals surface area contributed by atoms with Gasteiger partial charge in [0.1, 0.15) is 11.4 Å². The molecule has 0 bridgehead atoms. The number of nitrogens with zero attached hydrogens (tertiary/aromatic N) is 2. The monoisotopic (exact) mass is 511 g/mol. The van der Waals surface area contributed by atoms with Crippen LogP contribution in [-0.4, -0.2) is 41.9 Å². The minimum absolute atomic E-state index is 0.00175. The number of methoxy groups -OCH3 is 1. The Hall–Kier alpha value is -3.88. The van der Waals surface area contributed by atoms with Crippen molar-refractivity contribution in [2.45, 2.75) is 38.8 Å². The molecule has 0 unspecified atom stereocenters. The first-order valence-corrected chi connectivity index (χ1v) is 12.0. The molecule has 3 aromatic rings. The number of amides is 2. The van der Waals surface area contributed by atoms with Gasteiger partial charge in [0.15, 0.2) is 0 Å². The summed E-state index contributed by atoms with van der Waals surface area (Å²) in [5.74, 6) is 0.103. The van der Waals surface area contributed by atoms with Crippen molar-refractivity contribution in [1.29, 1.82) is 0 Å². The second-order valence-electron chi connectivity index (χ2n) is 9.18. The number of ether oxygens (including phenoxy) is 1. The van der Waals surface area contributed by atoms with Gasteiger partial charge in [-0.3, -0.25) is 14.6 Å². The van der Waals surface area contributed by atoms with Gasteiger partial charge in [-0.2, -0.15) is 13.2 Å². The van der Waals surface area contributed by atoms with Crippen molar-refractivity contribution in [3.05, 3.63) is 88.2 Å². The minimum atomic E-state index is -4.67. The maximum Gasteiger partial charge on any atom is 0.418 e. The van der Waals surface area contributed by atoms with Crippen LogP contribution in [0.4, 0.5) is 18.9 Å². The number of alkyl halides is 3. The molecule has 1 fully saturated rings. The maximum absolute atomic E-state index is 13.2. The van der Waals surface area contributed by atoms with Gasteiger partial charge < -0.3 is 15.0 Å². The Balaban J connectivity index is 1.37. The highest BCUT2D eigenvalue weighted by Crippen LogP contribution is 2.33. The lowest BCUT2D eigenvalue weighted by Crippen LogP contribution is -2.38. The molecule has 2 heterocycles. The van der Waals surface area contributed by atoms with Crippen molar-refractivity contribution in [2.75, 3.05) is 25.5 Å². The van der Waals surface area contributed by atoms with Crippen molar-refractivity contribution in [1.82, 2.24) is 9.88 Å². The van der Waals surface area contributed by atoms with Crippen molar-refractivity contribution >= 4 is 17.5 Å². The topological polar surface area (TPSA) is 71.5 Å². The molecule has 2 amide bonds. The van der Waals surface area contributed by atoms with Crippen LogP contribution in [0, 0.1) is 13.8 Å². The van der Waals surface area contributed by atoms with Gasteiger partial charge in [-0.15, -0.1) is 0 Å². The summed E-state index contributed by atoms with van der Waals surface area (Å²) in [6.45, 7) is 5.08. The summed E-state index contributed by atoms with van der Waals surface area (Å²) in [6.07, 6.45) is -1.95. The van der Waals surface area contributed by atoms with Crippen molar-refractivity contribution in [3.63, 3.8) is 0 Å². The van der Waals surface area contributed by atoms with Crippen molar-refractivity contribution < 1.29 is 27.5 Å². The zero-order chi connectivity index (χ0) is 26.7. The van der Waals surface area contributed by atoms with Crippen LogP contribution in [0.5, 0.6) is 5.75 Å². The average molecular weight is 512 g/mol. The Kier molecular flexibility index (Phi) is 7.52. The minimum Gasteiger partial charge on any atom is -0.496 e. The number of aromatic nitrogens is 1. The molecule has 0 aliphatic carbocycles. The van der Waals surface area contributed by atoms with Gasteiger partial charge >= 0.3 is 6.18 Å². The molecule has 0 atom stereocenters. The van der Waals surface area contributed by atoms with E-state index in [4.69, 9.17) is 4.74 Å². The van der Waals surface area contributed by atoms with E-state index in [1.54, 1.807) is 19.2 Å². The van der Waals surface area contributed by atoms with Crippen LogP contribution in [0.25, 0.3) is 0 Å². The first-order chi connectivity index (χ1) is 17.6. The van der Waals surface area contributed by atoms with E-state index in [0.717, 1.165) is 53.6 Å². The Bertz CT molecular complexity index is 1280. The number of nitrogens with one attached hydrogen (secondary N) is 1. The number of aryl methyl sites for hydroxylation is 2. The third-order valence-electron chi connectivity index (χ3n) is 6.66. The molecule has 1 N–H and O–H groups in total. The number of carbonyl (C=O) groups is 2. The predicted octanol–water partition coefficient (Wildman–Crippen LogP) is 6.00. The largest absolute Gasteiger partial charge is 0.496 e. The van der Waals surface area contributed by atoms with E-state index in [0.29, 0.717) is 24.3 Å². The number of hydrogen-bond acceptors (Lipinski definition) is 4. The number of likely N-dealkylation sites (tertiary alicyclic amines) is 1. The average Bonchev–Trinajstić information content (AvgIpc) is 2.88. The van der Waals surface area contributed by atoms with Gasteiger partial charge in [0.2, 0.25) is 0 Å². The second kappa shape index (κ2) is 10.6. The fourth-order valence-corrected chi connectivity index (χ4v) is 4.84. The highest BCUT2D eigenvalue weighted by atomic mass is 19.4. The normalized spacial score (nSPS) is 14.4. The van der Waals surface area contributed by atoms with Crippen LogP contribution in [0.15, 0.2) is 54.7 Å². The molecule has 0 saturated carbocycles. The quantitative estimate of drug-likeness (QED) is 0.456. The van der Waals surface area contributed by atoms with Gasteiger partial charge in [-0.25, -0.2) is 0 Å². The van der Waals surface area contributed by atoms with Crippen LogP contribution in [-0.2, 0) is 6.18 Å². The molecule has 37 heavy (non-hydrogen) atoms. The number of rotatable bonds is 5. The molecular weight excluding hydrogens is 483 g/mol. The van der Waals surface area contributed by atoms with E-state index in [1.165, 1.54) is 0 Å². The van der Waals surface area contributed by atoms with E-state index >= 15 is 0 Å². The highest BCUT2D eigenvalue weighted by molar-refractivity contribution is 6.04. The molecular formula is C28H28F3N3O3. The van der Waals surface area contributed by atoms with Gasteiger partial charge in [0.25, 0.3) is 11.8 Å². The fourth-order valence-electron chi connectivity index (χ4n) is 4.84. The van der Waals surface area contributed by atoms with Crippen LogP contribution in [0.1, 0.15) is 61.9 Å². The van der Waals surface area contributed by atoms with Crippen LogP contribution in [0.3, 0.4) is 0 Å². The number of pyridine rings is 1. The Labute approximate surface area is 213 Å². The first kappa shape index (κ1) is 26.2. The summed E-state index contributed by atoms with van der Waals surface area (Å²) in [5.41, 5.74) is 2.18. The summed E-state index contributed by atoms with van der Waals surface area (Å²) in [4.78, 5) is 31.0. The fraction of sp³-hybridized carbons (Fsp3) is 0.321. The molecule has 1 saturated heterocycles. The Morgan fingerprint density at radius 1 is 1.03 bits per heavy atom. The summed E-state index contributed by atoms with van der Waals surface area (Å²) in [5, 5.41) is 2.49. The number of anilines is 1. The third-order valence-corrected chi connectivity index (χ3v) is 6.66. The van der Waals surface area contributed by atoms with Crippen LogP contribution in [0.2, 0.25) is 0 Å². The molecule has 0 radical (unpaired) electrons. The molecule has 2 aromatic carbocycles. The standard InChI is InChI=1S/C28H28F3N3O3/c1-17-15-21(16-18(2)25(17)37-3)27(36)34-13-10-20(11-14-34)19-6-8-22(9-7-19)33-26(35)24-23(28(29,30)31)5-4-12-32-24/h4-9,12,15-16,20H,10-11,13-14H2,1-3H3,(H,33,35). The van der Waals surface area contributed by atoms with E-state index in [-0.39, 0.29) is 11.8 Å². The predicted molar refractivity (Wildman–Crippen MR) is 134 cm³/mol. The molecule has 1 aliphatic heterocycles. The molecule has 4 rings (SSSR count). The SMILES string of the molecule is COc1c(C)cc(C(=O)N2CCC(c3ccc(NC(=O)c4ncccc4C(F)(F)F)cc3)CC2)cc1C. The van der Waals surface area contributed by atoms with Gasteiger partial charge in [-0.1, -0.05) is 12.1 Å². The maximum atomic E-state index is 13.2. The molecule has 1 aromatic heterocycles. The lowest BCUT2D eigenvalue weighted by molar-refractivity contribution is -0.138. The first-order valence-electron chi connectivity index (χ1n) is 12.0. The van der Waals surface area contributed by atoms with Gasteiger partial charge in [0.05, 0.1) is 12.7 Å². The van der Waals surface area contributed by atoms with Crippen LogP contribution >= 0.6 is 0 Å². The molecule has 9 heteroatoms. The molecule has 6 nitrogen and oxygen atoms in total. The second-order valence-corrected chi connectivity index (χ2v) is 9.18. The molecule has 194 valence electrons. The molecule has 1 aliphatic rings. The lowest BCUT2D eigenvalue weighted by atomic mass is 9.89. The van der Waals surface area contributed by atoms with E-state index in [2.05, 4.69) is 10.3 Å². The number of piperidine rings is 1. The summed E-state index contributed by atoms with van der Waals surface area (Å²) in [6, 6.07) is 12.7. The number of benzene rings is 2. The van der Waals surface area contributed by atoms with Crippen molar-refractivity contribution in [2.24, 2.45) is 0 Å². The number of halogens is 3. The molecule has 0 spiro atoms. The van der Waals surface area contributed by atoms with Gasteiger partial charge in [-0.05, 0) is 85.7 Å². The highest BCUT2D eigenvalue weighted by Gasteiger charge is 2.36.